The molecule has 0 aliphatic rings. The van der Waals surface area contributed by atoms with E-state index in [9.17, 15) is 14.4 Å². The van der Waals surface area contributed by atoms with Gasteiger partial charge < -0.3 is 25.8 Å². The van der Waals surface area contributed by atoms with Gasteiger partial charge in [-0.15, -0.1) is 0 Å². The lowest BCUT2D eigenvalue weighted by Gasteiger charge is -2.28. The predicted molar refractivity (Wildman–Crippen MR) is 158 cm³/mol. The average Bonchev–Trinajstić information content (AvgIpc) is 2.98. The molecule has 4 N–H and O–H groups in total. The monoisotopic (exact) mass is 559 g/mol. The summed E-state index contributed by atoms with van der Waals surface area (Å²) in [5, 5.41) is 5.58. The van der Waals surface area contributed by atoms with Crippen LogP contribution in [0.15, 0.2) is 91.0 Å². The second kappa shape index (κ2) is 16.3. The smallest absolute Gasteiger partial charge is 0.328 e. The van der Waals surface area contributed by atoms with Gasteiger partial charge in [-0.25, -0.2) is 4.79 Å². The van der Waals surface area contributed by atoms with Gasteiger partial charge in [-0.05, 0) is 42.4 Å². The number of hydrogen-bond donors (Lipinski definition) is 3. The molecule has 218 valence electrons. The molecule has 3 rings (SSSR count). The number of nitrogens with one attached hydrogen (secondary N) is 2. The summed E-state index contributed by atoms with van der Waals surface area (Å²) < 4.78 is 11.5. The van der Waals surface area contributed by atoms with E-state index in [0.717, 1.165) is 16.7 Å². The number of esters is 1. The van der Waals surface area contributed by atoms with Gasteiger partial charge in [0.05, 0.1) is 18.8 Å². The topological polar surface area (TPSA) is 120 Å². The van der Waals surface area contributed by atoms with E-state index in [-0.39, 0.29) is 19.1 Å². The summed E-state index contributed by atoms with van der Waals surface area (Å²) >= 11 is 0. The molecule has 0 saturated carbocycles. The molecular formula is C33H41N3O5. The Hall–Kier alpha value is -4.01. The van der Waals surface area contributed by atoms with E-state index in [1.54, 1.807) is 6.92 Å². The summed E-state index contributed by atoms with van der Waals surface area (Å²) in [4.78, 5) is 39.8. The van der Waals surface area contributed by atoms with Crippen molar-refractivity contribution in [1.29, 1.82) is 0 Å². The molecule has 0 unspecified atom stereocenters. The minimum atomic E-state index is -1.09. The van der Waals surface area contributed by atoms with Crippen molar-refractivity contribution in [3.8, 4) is 0 Å². The number of amides is 2. The molecule has 0 heterocycles. The number of benzene rings is 3. The SMILES string of the molecule is CC(C)C[C@H](NC(=O)[C@@H](NC(=O)[C@@H](N)Cc1ccccc1)[C@@H](C)OCc1ccccc1)C(=O)OCc1ccccc1. The maximum atomic E-state index is 13.6. The van der Waals surface area contributed by atoms with Crippen molar-refractivity contribution >= 4 is 17.8 Å². The van der Waals surface area contributed by atoms with Crippen LogP contribution in [0.25, 0.3) is 0 Å². The fraction of sp³-hybridized carbons (Fsp3) is 0.364. The Bertz CT molecular complexity index is 1220. The molecule has 3 aromatic carbocycles. The third kappa shape index (κ3) is 10.8. The average molecular weight is 560 g/mol. The third-order valence-electron chi connectivity index (χ3n) is 6.57. The minimum Gasteiger partial charge on any atom is -0.459 e. The molecule has 8 nitrogen and oxygen atoms in total. The third-order valence-corrected chi connectivity index (χ3v) is 6.57. The van der Waals surface area contributed by atoms with E-state index in [0.29, 0.717) is 12.8 Å². The van der Waals surface area contributed by atoms with E-state index in [4.69, 9.17) is 15.2 Å². The predicted octanol–water partition coefficient (Wildman–Crippen LogP) is 3.92. The van der Waals surface area contributed by atoms with E-state index >= 15 is 0 Å². The molecule has 0 spiro atoms. The van der Waals surface area contributed by atoms with Crippen LogP contribution in [0, 0.1) is 5.92 Å². The number of hydrogen-bond acceptors (Lipinski definition) is 6. The Labute approximate surface area is 242 Å². The van der Waals surface area contributed by atoms with Crippen LogP contribution < -0.4 is 16.4 Å². The molecule has 0 aliphatic heterocycles. The molecule has 0 aromatic heterocycles. The van der Waals surface area contributed by atoms with Gasteiger partial charge in [0.1, 0.15) is 18.7 Å². The summed E-state index contributed by atoms with van der Waals surface area (Å²) in [6.45, 7) is 5.96. The number of carbonyl (C=O) groups is 3. The van der Waals surface area contributed by atoms with Gasteiger partial charge in [-0.2, -0.15) is 0 Å². The Kier molecular flexibility index (Phi) is 12.5. The summed E-state index contributed by atoms with van der Waals surface area (Å²) in [5.74, 6) is -1.48. The molecule has 3 aromatic rings. The van der Waals surface area contributed by atoms with Crippen LogP contribution >= 0.6 is 0 Å². The van der Waals surface area contributed by atoms with E-state index in [2.05, 4.69) is 10.6 Å². The molecule has 0 fully saturated rings. The number of nitrogens with two attached hydrogens (primary N) is 1. The zero-order chi connectivity index (χ0) is 29.6. The summed E-state index contributed by atoms with van der Waals surface area (Å²) in [6, 6.07) is 25.4. The zero-order valence-electron chi connectivity index (χ0n) is 24.0. The first-order valence-electron chi connectivity index (χ1n) is 14.0. The van der Waals surface area contributed by atoms with E-state index in [1.165, 1.54) is 0 Å². The molecule has 2 amide bonds. The number of carbonyl (C=O) groups excluding carboxylic acids is 3. The first-order chi connectivity index (χ1) is 19.7. The van der Waals surface area contributed by atoms with E-state index < -0.39 is 42.0 Å². The Balaban J connectivity index is 1.72. The van der Waals surface area contributed by atoms with Crippen molar-refractivity contribution in [2.24, 2.45) is 11.7 Å². The quantitative estimate of drug-likeness (QED) is 0.243. The minimum absolute atomic E-state index is 0.0925. The molecular weight excluding hydrogens is 518 g/mol. The largest absolute Gasteiger partial charge is 0.459 e. The van der Waals surface area contributed by atoms with Crippen molar-refractivity contribution in [3.63, 3.8) is 0 Å². The van der Waals surface area contributed by atoms with Crippen LogP contribution in [0.3, 0.4) is 0 Å². The Morgan fingerprint density at radius 2 is 1.22 bits per heavy atom. The first kappa shape index (κ1) is 31.5. The molecule has 0 aliphatic carbocycles. The summed E-state index contributed by atoms with van der Waals surface area (Å²) in [5.41, 5.74) is 8.89. The zero-order valence-corrected chi connectivity index (χ0v) is 24.0. The number of ether oxygens (including phenoxy) is 2. The maximum Gasteiger partial charge on any atom is 0.328 e. The van der Waals surface area contributed by atoms with Crippen molar-refractivity contribution in [3.05, 3.63) is 108 Å². The van der Waals surface area contributed by atoms with Crippen LogP contribution in [-0.2, 0) is 43.5 Å². The van der Waals surface area contributed by atoms with Gasteiger partial charge in [0.2, 0.25) is 11.8 Å². The van der Waals surface area contributed by atoms with Crippen molar-refractivity contribution in [2.45, 2.75) is 71.1 Å². The van der Waals surface area contributed by atoms with Crippen LogP contribution in [0.2, 0.25) is 0 Å². The highest BCUT2D eigenvalue weighted by Crippen LogP contribution is 2.12. The fourth-order valence-electron chi connectivity index (χ4n) is 4.29. The molecule has 4 atom stereocenters. The van der Waals surface area contributed by atoms with Gasteiger partial charge >= 0.3 is 5.97 Å². The summed E-state index contributed by atoms with van der Waals surface area (Å²) in [7, 11) is 0. The van der Waals surface area contributed by atoms with Crippen molar-refractivity contribution < 1.29 is 23.9 Å². The fourth-order valence-corrected chi connectivity index (χ4v) is 4.29. The van der Waals surface area contributed by atoms with Crippen LogP contribution in [0.1, 0.15) is 43.9 Å². The van der Waals surface area contributed by atoms with E-state index in [1.807, 2.05) is 105 Å². The highest BCUT2D eigenvalue weighted by Gasteiger charge is 2.33. The van der Waals surface area contributed by atoms with Gasteiger partial charge in [-0.1, -0.05) is 105 Å². The maximum absolute atomic E-state index is 13.6. The van der Waals surface area contributed by atoms with Gasteiger partial charge in [0, 0.05) is 0 Å². The second-order valence-corrected chi connectivity index (χ2v) is 10.6. The standard InChI is InChI=1S/C33H41N3O5/c1-23(2)19-29(33(39)41-22-27-17-11-6-12-18-27)35-32(38)30(24(3)40-21-26-15-9-5-10-16-26)36-31(37)28(34)20-25-13-7-4-8-14-25/h4-18,23-24,28-30H,19-22,34H2,1-3H3,(H,35,38)(H,36,37)/t24-,28+,29+,30+/m1/s1. The van der Waals surface area contributed by atoms with Gasteiger partial charge in [0.15, 0.2) is 0 Å². The highest BCUT2D eigenvalue weighted by atomic mass is 16.5. The lowest BCUT2D eigenvalue weighted by Crippen LogP contribution is -2.59. The highest BCUT2D eigenvalue weighted by molar-refractivity contribution is 5.92. The second-order valence-electron chi connectivity index (χ2n) is 10.6. The van der Waals surface area contributed by atoms with Crippen LogP contribution in [-0.4, -0.2) is 42.0 Å². The molecule has 0 saturated heterocycles. The van der Waals surface area contributed by atoms with Crippen molar-refractivity contribution in [2.75, 3.05) is 0 Å². The Morgan fingerprint density at radius 1 is 0.707 bits per heavy atom. The normalized spacial score (nSPS) is 14.0. The van der Waals surface area contributed by atoms with Crippen LogP contribution in [0.5, 0.6) is 0 Å². The van der Waals surface area contributed by atoms with Gasteiger partial charge in [-0.3, -0.25) is 9.59 Å². The molecule has 0 radical (unpaired) electrons. The Morgan fingerprint density at radius 3 is 1.76 bits per heavy atom. The number of rotatable bonds is 15. The van der Waals surface area contributed by atoms with Gasteiger partial charge in [0.25, 0.3) is 0 Å². The molecule has 41 heavy (non-hydrogen) atoms. The van der Waals surface area contributed by atoms with Crippen LogP contribution in [0.4, 0.5) is 0 Å². The molecule has 0 bridgehead atoms. The first-order valence-corrected chi connectivity index (χ1v) is 14.0. The molecule has 8 heteroatoms. The lowest BCUT2D eigenvalue weighted by atomic mass is 10.0. The van der Waals surface area contributed by atoms with Crippen molar-refractivity contribution in [1.82, 2.24) is 10.6 Å². The lowest BCUT2D eigenvalue weighted by molar-refractivity contribution is -0.150. The summed E-state index contributed by atoms with van der Waals surface area (Å²) in [6.07, 6.45) is -0.0439.